The van der Waals surface area contributed by atoms with E-state index in [1.165, 1.54) is 25.4 Å². The fourth-order valence-corrected chi connectivity index (χ4v) is 4.06. The minimum atomic E-state index is -4.96. The van der Waals surface area contributed by atoms with Crippen molar-refractivity contribution in [2.75, 3.05) is 0 Å². The molecule has 204 valence electrons. The van der Waals surface area contributed by atoms with Crippen molar-refractivity contribution < 1.29 is 26.7 Å². The number of nitrogens with one attached hydrogen (secondary N) is 1. The van der Waals surface area contributed by atoms with Crippen molar-refractivity contribution in [3.8, 4) is 23.0 Å². The fourth-order valence-electron chi connectivity index (χ4n) is 4.06. The summed E-state index contributed by atoms with van der Waals surface area (Å²) in [5, 5.41) is 23.5. The third-order valence-electron chi connectivity index (χ3n) is 6.22. The molecule has 0 aliphatic heterocycles. The Morgan fingerprint density at radius 3 is 2.62 bits per heavy atom. The summed E-state index contributed by atoms with van der Waals surface area (Å²) in [6.45, 7) is 1.24. The Morgan fingerprint density at radius 1 is 1.20 bits per heavy atom. The van der Waals surface area contributed by atoms with Crippen molar-refractivity contribution in [1.29, 1.82) is 5.26 Å². The number of hydrogen-bond acceptors (Lipinski definition) is 7. The number of amides is 1. The van der Waals surface area contributed by atoms with Gasteiger partial charge in [0, 0.05) is 17.3 Å². The van der Waals surface area contributed by atoms with E-state index in [9.17, 15) is 36.8 Å². The van der Waals surface area contributed by atoms with E-state index in [-0.39, 0.29) is 6.04 Å². The summed E-state index contributed by atoms with van der Waals surface area (Å²) >= 11 is 0. The van der Waals surface area contributed by atoms with E-state index in [0.717, 1.165) is 31.0 Å². The number of aromatic nitrogens is 6. The first-order chi connectivity index (χ1) is 19.0. The van der Waals surface area contributed by atoms with E-state index in [4.69, 9.17) is 0 Å². The summed E-state index contributed by atoms with van der Waals surface area (Å²) in [5.74, 6) is -3.76. The summed E-state index contributed by atoms with van der Waals surface area (Å²) in [7, 11) is 0. The highest BCUT2D eigenvalue weighted by atomic mass is 19.4. The van der Waals surface area contributed by atoms with Crippen LogP contribution in [-0.2, 0) is 6.18 Å². The molecule has 40 heavy (non-hydrogen) atoms. The zero-order chi connectivity index (χ0) is 28.8. The quantitative estimate of drug-likeness (QED) is 0.282. The lowest BCUT2D eigenvalue weighted by molar-refractivity contribution is -0.140. The molecule has 3 aromatic heterocycles. The van der Waals surface area contributed by atoms with Crippen molar-refractivity contribution in [2.45, 2.75) is 38.0 Å². The number of nitrogens with zero attached hydrogens (tertiary/aromatic N) is 7. The summed E-state index contributed by atoms with van der Waals surface area (Å²) < 4.78 is 70.9. The molecule has 15 heteroatoms. The molecule has 1 atom stereocenters. The highest BCUT2D eigenvalue weighted by Gasteiger charge is 2.35. The zero-order valence-electron chi connectivity index (χ0n) is 20.4. The number of halogens is 5. The van der Waals surface area contributed by atoms with Crippen LogP contribution in [0.2, 0.25) is 0 Å². The molecule has 3 heterocycles. The van der Waals surface area contributed by atoms with Gasteiger partial charge in [0.2, 0.25) is 5.95 Å². The first kappa shape index (κ1) is 26.6. The van der Waals surface area contributed by atoms with Crippen molar-refractivity contribution >= 4 is 5.91 Å². The Hall–Kier alpha value is -5.00. The molecule has 0 unspecified atom stereocenters. The SMILES string of the molecule is C[C@@H](NC(=O)c1cc(C#N)c(=O)n(-c2cc(-c3cnnn3C3CC3)cnc2F)n1)c1cccc(C(F)(F)F)c1F. The molecule has 1 aliphatic rings. The Labute approximate surface area is 221 Å². The Bertz CT molecular complexity index is 1740. The number of pyridine rings is 1. The van der Waals surface area contributed by atoms with Gasteiger partial charge in [-0.1, -0.05) is 17.3 Å². The molecule has 0 saturated heterocycles. The molecule has 1 aliphatic carbocycles. The number of carbonyl (C=O) groups excluding carboxylic acids is 1. The molecule has 1 N–H and O–H groups in total. The van der Waals surface area contributed by atoms with Crippen molar-refractivity contribution in [3.05, 3.63) is 87.2 Å². The molecule has 10 nitrogen and oxygen atoms in total. The number of alkyl halides is 3. The van der Waals surface area contributed by atoms with Crippen LogP contribution in [-0.4, -0.2) is 35.7 Å². The van der Waals surface area contributed by atoms with Gasteiger partial charge in [-0.15, -0.1) is 5.10 Å². The largest absolute Gasteiger partial charge is 0.419 e. The van der Waals surface area contributed by atoms with Gasteiger partial charge in [0.1, 0.15) is 23.1 Å². The summed E-state index contributed by atoms with van der Waals surface area (Å²) in [6, 6.07) is 5.14. The average Bonchev–Trinajstić information content (AvgIpc) is 3.64. The highest BCUT2D eigenvalue weighted by molar-refractivity contribution is 5.92. The van der Waals surface area contributed by atoms with E-state index in [1.807, 2.05) is 0 Å². The minimum absolute atomic E-state index is 0.118. The predicted molar refractivity (Wildman–Crippen MR) is 127 cm³/mol. The van der Waals surface area contributed by atoms with Crippen LogP contribution in [0.5, 0.6) is 0 Å². The van der Waals surface area contributed by atoms with Gasteiger partial charge in [-0.05, 0) is 38.0 Å². The van der Waals surface area contributed by atoms with E-state index in [2.05, 4.69) is 25.7 Å². The Balaban J connectivity index is 1.51. The standard InChI is InChI=1S/C25H17F5N8O2/c1-12(16-3-2-4-17(21(16)26)25(28,29)30)34-23(39)18-7-13(9-31)24(40)38(35-18)19-8-14(10-32-22(19)27)20-11-33-36-37(20)15-5-6-15/h2-4,7-8,10-12,15H,5-6H2,1H3,(H,34,39)/t12-/m1/s1. The monoisotopic (exact) mass is 556 g/mol. The van der Waals surface area contributed by atoms with Crippen LogP contribution in [0.4, 0.5) is 22.0 Å². The normalized spacial score (nSPS) is 14.0. The summed E-state index contributed by atoms with van der Waals surface area (Å²) in [6.07, 6.45) is -0.559. The molecular weight excluding hydrogens is 539 g/mol. The van der Waals surface area contributed by atoms with E-state index in [1.54, 1.807) is 10.8 Å². The van der Waals surface area contributed by atoms with Crippen LogP contribution in [0.15, 0.2) is 47.5 Å². The molecule has 4 aromatic rings. The Kier molecular flexibility index (Phi) is 6.62. The molecule has 1 amide bonds. The first-order valence-electron chi connectivity index (χ1n) is 11.8. The first-order valence-corrected chi connectivity index (χ1v) is 11.8. The molecule has 0 spiro atoms. The van der Waals surface area contributed by atoms with Crippen LogP contribution < -0.4 is 10.9 Å². The van der Waals surface area contributed by atoms with Gasteiger partial charge in [-0.3, -0.25) is 9.59 Å². The van der Waals surface area contributed by atoms with E-state index in [0.29, 0.717) is 22.0 Å². The van der Waals surface area contributed by atoms with Crippen LogP contribution in [0.1, 0.15) is 59.0 Å². The lowest BCUT2D eigenvalue weighted by Crippen LogP contribution is -2.33. The molecule has 5 rings (SSSR count). The topological polar surface area (TPSA) is 131 Å². The lowest BCUT2D eigenvalue weighted by Gasteiger charge is -2.18. The van der Waals surface area contributed by atoms with Crippen LogP contribution in [0.3, 0.4) is 0 Å². The van der Waals surface area contributed by atoms with Crippen molar-refractivity contribution in [3.63, 3.8) is 0 Å². The average molecular weight is 556 g/mol. The fraction of sp³-hybridized carbons (Fsp3) is 0.240. The second-order valence-corrected chi connectivity index (χ2v) is 9.00. The number of benzene rings is 1. The van der Waals surface area contributed by atoms with Gasteiger partial charge in [-0.25, -0.2) is 14.1 Å². The summed E-state index contributed by atoms with van der Waals surface area (Å²) in [4.78, 5) is 29.6. The molecule has 1 aromatic carbocycles. The van der Waals surface area contributed by atoms with E-state index < -0.39 is 63.5 Å². The van der Waals surface area contributed by atoms with E-state index >= 15 is 0 Å². The van der Waals surface area contributed by atoms with Crippen LogP contribution in [0, 0.1) is 23.1 Å². The van der Waals surface area contributed by atoms with Gasteiger partial charge in [0.15, 0.2) is 5.69 Å². The third kappa shape index (κ3) is 4.91. The van der Waals surface area contributed by atoms with Gasteiger partial charge >= 0.3 is 6.18 Å². The van der Waals surface area contributed by atoms with Crippen molar-refractivity contribution in [2.24, 2.45) is 0 Å². The number of rotatable bonds is 6. The molecular formula is C25H17F5N8O2. The predicted octanol–water partition coefficient (Wildman–Crippen LogP) is 3.88. The maximum atomic E-state index is 14.9. The molecule has 0 bridgehead atoms. The maximum Gasteiger partial charge on any atom is 0.419 e. The van der Waals surface area contributed by atoms with Gasteiger partial charge in [-0.2, -0.15) is 32.6 Å². The number of carbonyl (C=O) groups is 1. The number of hydrogen-bond donors (Lipinski definition) is 1. The van der Waals surface area contributed by atoms with Crippen molar-refractivity contribution in [1.82, 2.24) is 35.1 Å². The molecule has 1 fully saturated rings. The second-order valence-electron chi connectivity index (χ2n) is 9.00. The summed E-state index contributed by atoms with van der Waals surface area (Å²) in [5.41, 5.74) is -3.79. The molecule has 0 radical (unpaired) electrons. The minimum Gasteiger partial charge on any atom is -0.344 e. The third-order valence-corrected chi connectivity index (χ3v) is 6.22. The van der Waals surface area contributed by atoms with Crippen LogP contribution >= 0.6 is 0 Å². The zero-order valence-corrected chi connectivity index (χ0v) is 20.4. The van der Waals surface area contributed by atoms with Gasteiger partial charge < -0.3 is 5.32 Å². The van der Waals surface area contributed by atoms with Gasteiger partial charge in [0.05, 0.1) is 29.5 Å². The molecule has 1 saturated carbocycles. The number of nitriles is 1. The highest BCUT2D eigenvalue weighted by Crippen LogP contribution is 2.37. The maximum absolute atomic E-state index is 14.9. The van der Waals surface area contributed by atoms with Crippen LogP contribution in [0.25, 0.3) is 16.9 Å². The Morgan fingerprint density at radius 2 is 1.95 bits per heavy atom. The smallest absolute Gasteiger partial charge is 0.344 e. The second kappa shape index (κ2) is 9.95. The lowest BCUT2D eigenvalue weighted by atomic mass is 10.0. The van der Waals surface area contributed by atoms with Gasteiger partial charge in [0.25, 0.3) is 11.5 Å².